The molecule has 2 aromatic rings. The second kappa shape index (κ2) is 10.6. The maximum Gasteiger partial charge on any atom is 0.433 e. The zero-order valence-electron chi connectivity index (χ0n) is 17.7. The lowest BCUT2D eigenvalue weighted by atomic mass is 10.1. The molecule has 0 atom stereocenters. The summed E-state index contributed by atoms with van der Waals surface area (Å²) < 4.78 is 56.0. The summed E-state index contributed by atoms with van der Waals surface area (Å²) in [5, 5.41) is 2.79. The summed E-state index contributed by atoms with van der Waals surface area (Å²) >= 11 is 1.01. The molecule has 178 valence electrons. The van der Waals surface area contributed by atoms with Crippen molar-refractivity contribution in [1.29, 1.82) is 0 Å². The summed E-state index contributed by atoms with van der Waals surface area (Å²) in [6.07, 6.45) is -4.48. The largest absolute Gasteiger partial charge is 0.454 e. The first-order valence-electron chi connectivity index (χ1n) is 10.4. The van der Waals surface area contributed by atoms with Gasteiger partial charge in [-0.25, -0.2) is 9.97 Å². The number of nitrogens with one attached hydrogen (secondary N) is 1. The van der Waals surface area contributed by atoms with E-state index in [1.807, 2.05) is 0 Å². The van der Waals surface area contributed by atoms with Crippen molar-refractivity contribution in [1.82, 2.24) is 20.2 Å². The van der Waals surface area contributed by atoms with Gasteiger partial charge in [0.15, 0.2) is 16.7 Å². The monoisotopic (exact) mass is 484 g/mol. The molecule has 1 aromatic carbocycles. The van der Waals surface area contributed by atoms with Crippen LogP contribution in [0, 0.1) is 0 Å². The molecule has 1 amide bonds. The van der Waals surface area contributed by atoms with E-state index < -0.39 is 11.9 Å². The van der Waals surface area contributed by atoms with Gasteiger partial charge >= 0.3 is 6.18 Å². The van der Waals surface area contributed by atoms with Gasteiger partial charge in [0.2, 0.25) is 12.7 Å². The number of halogens is 3. The Kier molecular flexibility index (Phi) is 7.56. The molecule has 12 heteroatoms. The van der Waals surface area contributed by atoms with Crippen molar-refractivity contribution in [2.75, 3.05) is 51.9 Å². The number of aromatic nitrogens is 2. The van der Waals surface area contributed by atoms with Crippen LogP contribution in [0.4, 0.5) is 13.2 Å². The highest BCUT2D eigenvalue weighted by atomic mass is 32.2. The van der Waals surface area contributed by atoms with Gasteiger partial charge in [-0.05, 0) is 24.3 Å². The number of rotatable bonds is 8. The fourth-order valence-corrected chi connectivity index (χ4v) is 4.14. The summed E-state index contributed by atoms with van der Waals surface area (Å²) in [4.78, 5) is 22.2. The Hall–Kier alpha value is -2.57. The Morgan fingerprint density at radius 1 is 1.12 bits per heavy atom. The molecule has 8 nitrogen and oxygen atoms in total. The predicted octanol–water partition coefficient (Wildman–Crippen LogP) is 2.82. The van der Waals surface area contributed by atoms with Gasteiger partial charge in [-0.2, -0.15) is 13.2 Å². The molecule has 1 fully saturated rings. The summed E-state index contributed by atoms with van der Waals surface area (Å²) in [6.45, 7) is 4.36. The summed E-state index contributed by atoms with van der Waals surface area (Å²) in [6, 6.07) is 5.73. The fraction of sp³-hybridized carbons (Fsp3) is 0.476. The van der Waals surface area contributed by atoms with Gasteiger partial charge in [-0.3, -0.25) is 9.69 Å². The minimum atomic E-state index is -4.62. The molecular formula is C21H23F3N4O4S. The summed E-state index contributed by atoms with van der Waals surface area (Å²) in [5.74, 6) is 1.06. The third kappa shape index (κ3) is 6.49. The third-order valence-corrected chi connectivity index (χ3v) is 5.93. The number of hydrogen-bond acceptors (Lipinski definition) is 8. The van der Waals surface area contributed by atoms with Crippen LogP contribution in [0.15, 0.2) is 29.4 Å². The van der Waals surface area contributed by atoms with E-state index in [1.54, 1.807) is 18.2 Å². The highest BCUT2D eigenvalue weighted by molar-refractivity contribution is 7.99. The van der Waals surface area contributed by atoms with Crippen LogP contribution in [-0.4, -0.2) is 72.7 Å². The average molecular weight is 485 g/mol. The average Bonchev–Trinajstić information content (AvgIpc) is 3.27. The number of carbonyl (C=O) groups excluding carboxylic acids is 1. The first-order valence-corrected chi connectivity index (χ1v) is 11.4. The van der Waals surface area contributed by atoms with E-state index in [1.165, 1.54) is 0 Å². The lowest BCUT2D eigenvalue weighted by Gasteiger charge is -2.26. The van der Waals surface area contributed by atoms with Crippen LogP contribution in [-0.2, 0) is 15.7 Å². The summed E-state index contributed by atoms with van der Waals surface area (Å²) in [7, 11) is 0. The third-order valence-electron chi connectivity index (χ3n) is 5.08. The number of benzene rings is 1. The van der Waals surface area contributed by atoms with E-state index in [0.29, 0.717) is 36.8 Å². The molecule has 1 aromatic heterocycles. The van der Waals surface area contributed by atoms with Gasteiger partial charge in [0.25, 0.3) is 0 Å². The number of nitrogens with zero attached hydrogens (tertiary/aromatic N) is 3. The molecule has 0 bridgehead atoms. The van der Waals surface area contributed by atoms with Crippen molar-refractivity contribution in [3.05, 3.63) is 30.0 Å². The minimum Gasteiger partial charge on any atom is -0.454 e. The molecule has 0 saturated carbocycles. The molecule has 33 heavy (non-hydrogen) atoms. The minimum absolute atomic E-state index is 0.0430. The number of fused-ring (bicyclic) bond motifs is 1. The number of amides is 1. The highest BCUT2D eigenvalue weighted by Gasteiger charge is 2.34. The smallest absolute Gasteiger partial charge is 0.433 e. The van der Waals surface area contributed by atoms with Gasteiger partial charge in [0.05, 0.1) is 18.9 Å². The maximum atomic E-state index is 13.4. The molecular weight excluding hydrogens is 461 g/mol. The lowest BCUT2D eigenvalue weighted by Crippen LogP contribution is -2.41. The Morgan fingerprint density at radius 2 is 1.91 bits per heavy atom. The van der Waals surface area contributed by atoms with E-state index in [0.717, 1.165) is 37.5 Å². The van der Waals surface area contributed by atoms with Crippen molar-refractivity contribution >= 4 is 17.7 Å². The molecule has 3 heterocycles. The Balaban J connectivity index is 1.35. The first kappa shape index (κ1) is 23.6. The van der Waals surface area contributed by atoms with E-state index in [4.69, 9.17) is 14.2 Å². The second-order valence-corrected chi connectivity index (χ2v) is 8.45. The number of ether oxygens (including phenoxy) is 3. The second-order valence-electron chi connectivity index (χ2n) is 7.39. The van der Waals surface area contributed by atoms with Crippen LogP contribution in [0.5, 0.6) is 11.5 Å². The van der Waals surface area contributed by atoms with Crippen LogP contribution in [0.25, 0.3) is 11.3 Å². The van der Waals surface area contributed by atoms with Gasteiger partial charge in [0, 0.05) is 43.9 Å². The van der Waals surface area contributed by atoms with Crippen LogP contribution >= 0.6 is 11.8 Å². The van der Waals surface area contributed by atoms with Crippen LogP contribution < -0.4 is 14.8 Å². The normalized spacial score (nSPS) is 16.1. The molecule has 0 aliphatic carbocycles. The SMILES string of the molecule is O=C(CCSc1nc(-c2ccc3c(c2)OCO3)cc(C(F)(F)F)n1)NCCN1CCOCC1. The predicted molar refractivity (Wildman–Crippen MR) is 114 cm³/mol. The van der Waals surface area contributed by atoms with Crippen molar-refractivity contribution in [2.24, 2.45) is 0 Å². The van der Waals surface area contributed by atoms with Gasteiger partial charge in [-0.1, -0.05) is 11.8 Å². The van der Waals surface area contributed by atoms with Crippen LogP contribution in [0.2, 0.25) is 0 Å². The van der Waals surface area contributed by atoms with E-state index >= 15 is 0 Å². The van der Waals surface area contributed by atoms with Crippen LogP contribution in [0.3, 0.4) is 0 Å². The zero-order chi connectivity index (χ0) is 23.3. The van der Waals surface area contributed by atoms with Crippen LogP contribution in [0.1, 0.15) is 12.1 Å². The molecule has 1 N–H and O–H groups in total. The molecule has 2 aliphatic heterocycles. The van der Waals surface area contributed by atoms with E-state index in [2.05, 4.69) is 20.2 Å². The van der Waals surface area contributed by atoms with Crippen molar-refractivity contribution < 1.29 is 32.2 Å². The molecule has 1 saturated heterocycles. The van der Waals surface area contributed by atoms with Gasteiger partial charge < -0.3 is 19.5 Å². The number of hydrogen-bond donors (Lipinski definition) is 1. The molecule has 0 unspecified atom stereocenters. The number of carbonyl (C=O) groups is 1. The number of thioether (sulfide) groups is 1. The zero-order valence-corrected chi connectivity index (χ0v) is 18.5. The van der Waals surface area contributed by atoms with Crippen molar-refractivity contribution in [3.8, 4) is 22.8 Å². The number of alkyl halides is 3. The van der Waals surface area contributed by atoms with Gasteiger partial charge in [-0.15, -0.1) is 0 Å². The lowest BCUT2D eigenvalue weighted by molar-refractivity contribution is -0.141. The standard InChI is InChI=1S/C21H23F3N4O4S/c22-21(23,24)18-12-15(14-1-2-16-17(11-14)32-13-31-16)26-20(27-18)33-10-3-19(29)25-4-5-28-6-8-30-9-7-28/h1-2,11-12H,3-10,13H2,(H,25,29). The molecule has 0 radical (unpaired) electrons. The quantitative estimate of drug-likeness (QED) is 0.452. The molecule has 0 spiro atoms. The molecule has 2 aliphatic rings. The summed E-state index contributed by atoms with van der Waals surface area (Å²) in [5.41, 5.74) is -0.467. The Bertz CT molecular complexity index is 986. The van der Waals surface area contributed by atoms with E-state index in [9.17, 15) is 18.0 Å². The topological polar surface area (TPSA) is 85.8 Å². The first-order chi connectivity index (χ1) is 15.9. The van der Waals surface area contributed by atoms with Crippen molar-refractivity contribution in [2.45, 2.75) is 17.8 Å². The van der Waals surface area contributed by atoms with Gasteiger partial charge in [0.1, 0.15) is 5.69 Å². The van der Waals surface area contributed by atoms with E-state index in [-0.39, 0.29) is 35.7 Å². The maximum absolute atomic E-state index is 13.4. The Morgan fingerprint density at radius 3 is 2.70 bits per heavy atom. The fourth-order valence-electron chi connectivity index (χ4n) is 3.34. The number of morpholine rings is 1. The van der Waals surface area contributed by atoms with Crippen molar-refractivity contribution in [3.63, 3.8) is 0 Å². The molecule has 4 rings (SSSR count). The Labute approximate surface area is 192 Å². The highest BCUT2D eigenvalue weighted by Crippen LogP contribution is 2.37.